The number of aliphatic carboxylic acids is 1. The fourth-order valence-corrected chi connectivity index (χ4v) is 3.03. The summed E-state index contributed by atoms with van der Waals surface area (Å²) in [7, 11) is 0. The molecule has 1 aliphatic heterocycles. The van der Waals surface area contributed by atoms with Crippen LogP contribution in [0.2, 0.25) is 0 Å². The molecule has 7 heteroatoms. The average Bonchev–Trinajstić information content (AvgIpc) is 2.45. The topological polar surface area (TPSA) is 90.5 Å². The van der Waals surface area contributed by atoms with Crippen molar-refractivity contribution in [3.8, 4) is 0 Å². The number of benzene rings is 1. The number of carboxylic acids is 1. The Kier molecular flexibility index (Phi) is 5.60. The fraction of sp³-hybridized carbons (Fsp3) is 0.429. The Hall–Kier alpha value is -1.57. The highest BCUT2D eigenvalue weighted by Crippen LogP contribution is 2.19. The molecule has 2 unspecified atom stereocenters. The summed E-state index contributed by atoms with van der Waals surface area (Å²) in [6.45, 7) is 2.06. The van der Waals surface area contributed by atoms with E-state index in [0.29, 0.717) is 0 Å². The van der Waals surface area contributed by atoms with Gasteiger partial charge in [0.25, 0.3) is 0 Å². The first kappa shape index (κ1) is 15.8. The molecule has 1 fully saturated rings. The molecule has 114 valence electrons. The molecule has 1 amide bonds. The molecule has 2 rings (SSSR count). The third-order valence-electron chi connectivity index (χ3n) is 3.29. The lowest BCUT2D eigenvalue weighted by Gasteiger charge is -2.30. The normalized spacial score (nSPS) is 21.9. The van der Waals surface area contributed by atoms with Gasteiger partial charge in [-0.15, -0.1) is 11.8 Å². The van der Waals surface area contributed by atoms with Crippen LogP contribution in [0.1, 0.15) is 24.0 Å². The summed E-state index contributed by atoms with van der Waals surface area (Å²) in [5.74, 6) is -0.288. The van der Waals surface area contributed by atoms with Crippen LogP contribution in [0.5, 0.6) is 0 Å². The molecule has 1 aromatic rings. The van der Waals surface area contributed by atoms with Crippen molar-refractivity contribution >= 4 is 23.6 Å². The van der Waals surface area contributed by atoms with Gasteiger partial charge in [-0.05, 0) is 24.5 Å². The van der Waals surface area contributed by atoms with E-state index in [-0.39, 0.29) is 24.2 Å². The zero-order chi connectivity index (χ0) is 15.2. The van der Waals surface area contributed by atoms with Gasteiger partial charge in [-0.2, -0.15) is 0 Å². The minimum absolute atomic E-state index is 0.0339. The molecule has 0 saturated carbocycles. The number of nitrogens with one attached hydrogen (secondary N) is 3. The van der Waals surface area contributed by atoms with Crippen molar-refractivity contribution in [3.05, 3.63) is 35.4 Å². The van der Waals surface area contributed by atoms with Crippen LogP contribution >= 0.6 is 11.8 Å². The van der Waals surface area contributed by atoms with E-state index < -0.39 is 12.0 Å². The number of carboxylic acid groups (broad SMARTS) is 1. The van der Waals surface area contributed by atoms with Gasteiger partial charge < -0.3 is 10.4 Å². The van der Waals surface area contributed by atoms with Crippen molar-refractivity contribution in [2.45, 2.75) is 37.1 Å². The Morgan fingerprint density at radius 3 is 2.76 bits per heavy atom. The van der Waals surface area contributed by atoms with Crippen LogP contribution < -0.4 is 16.2 Å². The standard InChI is InChI=1S/C14H19N3O3S/c1-9-4-2-3-5-10(9)8-21-14-15-13(20)11(16-17-14)6-7-12(18)19/h2-5,11,14,16-17H,6-8H2,1H3,(H,15,20)(H,18,19). The van der Waals surface area contributed by atoms with Gasteiger partial charge in [0.2, 0.25) is 5.91 Å². The van der Waals surface area contributed by atoms with Crippen molar-refractivity contribution in [1.29, 1.82) is 0 Å². The van der Waals surface area contributed by atoms with E-state index in [1.165, 1.54) is 11.1 Å². The summed E-state index contributed by atoms with van der Waals surface area (Å²) in [5, 5.41) is 11.5. The molecule has 1 aromatic carbocycles. The highest BCUT2D eigenvalue weighted by atomic mass is 32.2. The highest BCUT2D eigenvalue weighted by molar-refractivity contribution is 7.99. The SMILES string of the molecule is Cc1ccccc1CSC1NNC(CCC(=O)O)C(=O)N1. The Labute approximate surface area is 127 Å². The zero-order valence-electron chi connectivity index (χ0n) is 11.8. The molecule has 6 nitrogen and oxygen atoms in total. The summed E-state index contributed by atoms with van der Waals surface area (Å²) >= 11 is 1.57. The summed E-state index contributed by atoms with van der Waals surface area (Å²) < 4.78 is 0. The Morgan fingerprint density at radius 2 is 2.10 bits per heavy atom. The van der Waals surface area contributed by atoms with Gasteiger partial charge in [0, 0.05) is 12.2 Å². The van der Waals surface area contributed by atoms with Crippen molar-refractivity contribution in [1.82, 2.24) is 16.2 Å². The Bertz CT molecular complexity index is 524. The second kappa shape index (κ2) is 7.44. The lowest BCUT2D eigenvalue weighted by atomic mass is 10.1. The molecule has 0 radical (unpaired) electrons. The number of hydrogen-bond donors (Lipinski definition) is 4. The monoisotopic (exact) mass is 309 g/mol. The first-order valence-electron chi connectivity index (χ1n) is 6.75. The molecule has 0 aliphatic carbocycles. The maximum absolute atomic E-state index is 11.9. The molecule has 4 N–H and O–H groups in total. The second-order valence-electron chi connectivity index (χ2n) is 4.90. The van der Waals surface area contributed by atoms with Crippen LogP contribution in [0.15, 0.2) is 24.3 Å². The number of aryl methyl sites for hydroxylation is 1. The predicted molar refractivity (Wildman–Crippen MR) is 81.3 cm³/mol. The largest absolute Gasteiger partial charge is 0.481 e. The summed E-state index contributed by atoms with van der Waals surface area (Å²) in [6.07, 6.45) is 0.233. The Morgan fingerprint density at radius 1 is 1.33 bits per heavy atom. The van der Waals surface area contributed by atoms with Crippen LogP contribution in [-0.4, -0.2) is 28.5 Å². The van der Waals surface area contributed by atoms with Crippen LogP contribution in [0.25, 0.3) is 0 Å². The van der Waals surface area contributed by atoms with Crippen LogP contribution in [0, 0.1) is 6.92 Å². The van der Waals surface area contributed by atoms with Crippen molar-refractivity contribution < 1.29 is 14.7 Å². The van der Waals surface area contributed by atoms with Gasteiger partial charge in [-0.1, -0.05) is 24.3 Å². The molecule has 0 spiro atoms. The predicted octanol–water partition coefficient (Wildman–Crippen LogP) is 0.969. The highest BCUT2D eigenvalue weighted by Gasteiger charge is 2.27. The smallest absolute Gasteiger partial charge is 0.303 e. The first-order valence-corrected chi connectivity index (χ1v) is 7.80. The van der Waals surface area contributed by atoms with Gasteiger partial charge >= 0.3 is 5.97 Å². The maximum Gasteiger partial charge on any atom is 0.303 e. The van der Waals surface area contributed by atoms with Crippen molar-refractivity contribution in [3.63, 3.8) is 0 Å². The minimum Gasteiger partial charge on any atom is -0.481 e. The third-order valence-corrected chi connectivity index (χ3v) is 4.34. The summed E-state index contributed by atoms with van der Waals surface area (Å²) in [4.78, 5) is 22.4. The summed E-state index contributed by atoms with van der Waals surface area (Å²) in [5.41, 5.74) is 8.11. The Balaban J connectivity index is 1.79. The number of carbonyl (C=O) groups is 2. The summed E-state index contributed by atoms with van der Waals surface area (Å²) in [6, 6.07) is 7.62. The van der Waals surface area contributed by atoms with E-state index in [9.17, 15) is 9.59 Å². The van der Waals surface area contributed by atoms with E-state index in [1.54, 1.807) is 11.8 Å². The second-order valence-corrected chi connectivity index (χ2v) is 5.99. The maximum atomic E-state index is 11.9. The number of hydrazine groups is 1. The molecule has 1 aliphatic rings. The van der Waals surface area contributed by atoms with Gasteiger partial charge in [0.1, 0.15) is 11.5 Å². The van der Waals surface area contributed by atoms with Gasteiger partial charge in [-0.3, -0.25) is 9.59 Å². The van der Waals surface area contributed by atoms with E-state index in [4.69, 9.17) is 5.11 Å². The quantitative estimate of drug-likeness (QED) is 0.626. The number of rotatable bonds is 6. The van der Waals surface area contributed by atoms with Gasteiger partial charge in [-0.25, -0.2) is 10.9 Å². The van der Waals surface area contributed by atoms with Gasteiger partial charge in [0.05, 0.1) is 0 Å². The molecular formula is C14H19N3O3S. The van der Waals surface area contributed by atoms with Crippen molar-refractivity contribution in [2.75, 3.05) is 0 Å². The van der Waals surface area contributed by atoms with Crippen molar-refractivity contribution in [2.24, 2.45) is 0 Å². The van der Waals surface area contributed by atoms with Crippen LogP contribution in [0.3, 0.4) is 0 Å². The average molecular weight is 309 g/mol. The molecule has 0 aromatic heterocycles. The molecule has 1 saturated heterocycles. The molecule has 0 bridgehead atoms. The minimum atomic E-state index is -0.902. The van der Waals surface area contributed by atoms with Crippen LogP contribution in [-0.2, 0) is 15.3 Å². The van der Waals surface area contributed by atoms with E-state index in [2.05, 4.69) is 35.2 Å². The number of thioether (sulfide) groups is 1. The number of amides is 1. The van der Waals surface area contributed by atoms with Gasteiger partial charge in [0.15, 0.2) is 0 Å². The first-order chi connectivity index (χ1) is 10.1. The number of hydrogen-bond acceptors (Lipinski definition) is 5. The van der Waals surface area contributed by atoms with Crippen LogP contribution in [0.4, 0.5) is 0 Å². The van der Waals surface area contributed by atoms with E-state index in [0.717, 1.165) is 5.75 Å². The fourth-order valence-electron chi connectivity index (χ4n) is 2.01. The molecule has 2 atom stereocenters. The number of carbonyl (C=O) groups excluding carboxylic acids is 1. The van der Waals surface area contributed by atoms with E-state index in [1.807, 2.05) is 12.1 Å². The lowest BCUT2D eigenvalue weighted by Crippen LogP contribution is -2.64. The molecule has 21 heavy (non-hydrogen) atoms. The lowest BCUT2D eigenvalue weighted by molar-refractivity contribution is -0.137. The third kappa shape index (κ3) is 4.73. The zero-order valence-corrected chi connectivity index (χ0v) is 12.6. The van der Waals surface area contributed by atoms with E-state index >= 15 is 0 Å². The molecular weight excluding hydrogens is 290 g/mol. The molecule has 1 heterocycles.